The van der Waals surface area contributed by atoms with Crippen LogP contribution in [-0.2, 0) is 6.42 Å². The van der Waals surface area contributed by atoms with E-state index in [1.54, 1.807) is 0 Å². The van der Waals surface area contributed by atoms with Crippen molar-refractivity contribution in [1.82, 2.24) is 0 Å². The van der Waals surface area contributed by atoms with Crippen LogP contribution in [0, 0.1) is 5.41 Å². The molecule has 0 saturated heterocycles. The van der Waals surface area contributed by atoms with Crippen molar-refractivity contribution in [3.63, 3.8) is 0 Å². The maximum atomic E-state index is 10.5. The molecule has 0 aromatic carbocycles. The first-order valence-electron chi connectivity index (χ1n) is 4.95. The van der Waals surface area contributed by atoms with Crippen molar-refractivity contribution in [2.45, 2.75) is 32.8 Å². The zero-order valence-electron chi connectivity index (χ0n) is 9.38. The molecule has 0 fully saturated rings. The monoisotopic (exact) mass is 247 g/mol. The Balaban J connectivity index is 2.86. The molecule has 0 amide bonds. The highest BCUT2D eigenvalue weighted by atomic mass is 35.5. The molecule has 0 aliphatic carbocycles. The highest BCUT2D eigenvalue weighted by molar-refractivity contribution is 7.16. The summed E-state index contributed by atoms with van der Waals surface area (Å²) in [6.45, 7) is 6.24. The van der Waals surface area contributed by atoms with Crippen LogP contribution in [0.25, 0.3) is 0 Å². The lowest BCUT2D eigenvalue weighted by Crippen LogP contribution is -2.50. The van der Waals surface area contributed by atoms with E-state index in [1.807, 2.05) is 32.9 Å². The summed E-state index contributed by atoms with van der Waals surface area (Å²) >= 11 is 7.35. The van der Waals surface area contributed by atoms with Gasteiger partial charge in [0.05, 0.1) is 9.94 Å². The summed E-state index contributed by atoms with van der Waals surface area (Å²) in [6, 6.07) is 3.79. The Morgan fingerprint density at radius 2 is 2.00 bits per heavy atom. The average Bonchev–Trinajstić information content (AvgIpc) is 2.49. The van der Waals surface area contributed by atoms with Gasteiger partial charge in [0.15, 0.2) is 0 Å². The molecule has 2 nitrogen and oxygen atoms in total. The molecule has 86 valence electrons. The van der Waals surface area contributed by atoms with Gasteiger partial charge in [0.2, 0.25) is 0 Å². The molecule has 1 atom stereocenters. The molecule has 4 heteroatoms. The third kappa shape index (κ3) is 2.94. The van der Waals surface area contributed by atoms with Crippen LogP contribution in [0.1, 0.15) is 25.6 Å². The number of rotatable bonds is 3. The van der Waals surface area contributed by atoms with E-state index in [-0.39, 0.29) is 12.0 Å². The first kappa shape index (κ1) is 13.0. The molecule has 1 heterocycles. The van der Waals surface area contributed by atoms with Gasteiger partial charge < -0.3 is 10.8 Å². The molecule has 15 heavy (non-hydrogen) atoms. The van der Waals surface area contributed by atoms with Crippen LogP contribution in [0.2, 0.25) is 4.34 Å². The molecular weight excluding hydrogens is 230 g/mol. The van der Waals surface area contributed by atoms with Gasteiger partial charge in [-0.1, -0.05) is 32.4 Å². The molecule has 1 aromatic heterocycles. The fraction of sp³-hybridized carbons (Fsp3) is 0.636. The Bertz CT molecular complexity index is 332. The predicted octanol–water partition coefficient (Wildman–Crippen LogP) is 2.68. The summed E-state index contributed by atoms with van der Waals surface area (Å²) in [6.07, 6.45) is 0.560. The zero-order valence-corrected chi connectivity index (χ0v) is 11.0. The zero-order chi connectivity index (χ0) is 11.7. The van der Waals surface area contributed by atoms with Crippen molar-refractivity contribution >= 4 is 22.9 Å². The van der Waals surface area contributed by atoms with Crippen molar-refractivity contribution in [2.24, 2.45) is 11.1 Å². The molecule has 1 rings (SSSR count). The van der Waals surface area contributed by atoms with Crippen LogP contribution in [0.3, 0.4) is 0 Å². The van der Waals surface area contributed by atoms with E-state index in [0.29, 0.717) is 6.42 Å². The van der Waals surface area contributed by atoms with E-state index in [1.165, 1.54) is 11.3 Å². The third-order valence-electron chi connectivity index (χ3n) is 2.83. The van der Waals surface area contributed by atoms with Crippen LogP contribution in [0.15, 0.2) is 12.1 Å². The van der Waals surface area contributed by atoms with Gasteiger partial charge in [-0.25, -0.2) is 0 Å². The topological polar surface area (TPSA) is 46.2 Å². The summed E-state index contributed by atoms with van der Waals surface area (Å²) in [7, 11) is 0. The van der Waals surface area contributed by atoms with Gasteiger partial charge in [0, 0.05) is 17.8 Å². The number of thiophene rings is 1. The van der Waals surface area contributed by atoms with E-state index in [4.69, 9.17) is 17.3 Å². The van der Waals surface area contributed by atoms with E-state index in [9.17, 15) is 5.11 Å². The number of aliphatic hydroxyl groups is 1. The highest BCUT2D eigenvalue weighted by Crippen LogP contribution is 2.35. The largest absolute Gasteiger partial charge is 0.388 e. The Morgan fingerprint density at radius 1 is 1.40 bits per heavy atom. The Hall–Kier alpha value is -0.0900. The summed E-state index contributed by atoms with van der Waals surface area (Å²) < 4.78 is 0.748. The third-order valence-corrected chi connectivity index (χ3v) is 4.06. The van der Waals surface area contributed by atoms with Crippen molar-refractivity contribution in [3.8, 4) is 0 Å². The summed E-state index contributed by atoms with van der Waals surface area (Å²) in [4.78, 5) is 1.07. The maximum absolute atomic E-state index is 10.5. The number of halogens is 1. The van der Waals surface area contributed by atoms with Gasteiger partial charge >= 0.3 is 0 Å². The summed E-state index contributed by atoms with van der Waals surface area (Å²) in [5.41, 5.74) is 4.56. The molecule has 0 aliphatic heterocycles. The first-order chi connectivity index (χ1) is 6.78. The molecule has 0 radical (unpaired) electrons. The summed E-state index contributed by atoms with van der Waals surface area (Å²) in [5.74, 6) is 0. The lowest BCUT2D eigenvalue weighted by molar-refractivity contribution is -0.0484. The quantitative estimate of drug-likeness (QED) is 0.863. The second kappa shape index (κ2) is 4.42. The molecule has 0 saturated carbocycles. The average molecular weight is 248 g/mol. The number of hydrogen-bond acceptors (Lipinski definition) is 3. The van der Waals surface area contributed by atoms with Crippen molar-refractivity contribution < 1.29 is 5.11 Å². The molecular formula is C11H18ClNOS. The van der Waals surface area contributed by atoms with E-state index < -0.39 is 5.60 Å². The fourth-order valence-corrected chi connectivity index (χ4v) is 2.57. The maximum Gasteiger partial charge on any atom is 0.0931 e. The molecule has 1 unspecified atom stereocenters. The van der Waals surface area contributed by atoms with E-state index in [2.05, 4.69) is 0 Å². The SMILES string of the molecule is CC(C)(C)C(O)(CN)Cc1ccc(Cl)s1. The van der Waals surface area contributed by atoms with Crippen molar-refractivity contribution in [3.05, 3.63) is 21.3 Å². The molecule has 3 N–H and O–H groups in total. The van der Waals surface area contributed by atoms with Crippen LogP contribution >= 0.6 is 22.9 Å². The minimum atomic E-state index is -0.874. The van der Waals surface area contributed by atoms with E-state index in [0.717, 1.165) is 9.21 Å². The standard InChI is InChI=1S/C11H18ClNOS/c1-10(2,3)11(14,7-13)6-8-4-5-9(12)15-8/h4-5,14H,6-7,13H2,1-3H3. The van der Waals surface area contributed by atoms with Gasteiger partial charge in [-0.15, -0.1) is 11.3 Å². The van der Waals surface area contributed by atoms with Crippen LogP contribution in [0.5, 0.6) is 0 Å². The molecule has 0 spiro atoms. The second-order valence-corrected chi connectivity index (χ2v) is 6.67. The van der Waals surface area contributed by atoms with Crippen molar-refractivity contribution in [2.75, 3.05) is 6.54 Å². The van der Waals surface area contributed by atoms with Crippen LogP contribution in [0.4, 0.5) is 0 Å². The van der Waals surface area contributed by atoms with Gasteiger partial charge in [-0.05, 0) is 17.5 Å². The fourth-order valence-electron chi connectivity index (χ4n) is 1.38. The molecule has 0 aliphatic rings. The highest BCUT2D eigenvalue weighted by Gasteiger charge is 2.39. The predicted molar refractivity (Wildman–Crippen MR) is 66.5 cm³/mol. The number of hydrogen-bond donors (Lipinski definition) is 2. The number of nitrogens with two attached hydrogens (primary N) is 1. The van der Waals surface area contributed by atoms with Gasteiger partial charge in [0.1, 0.15) is 0 Å². The normalized spacial score (nSPS) is 16.4. The van der Waals surface area contributed by atoms with Crippen molar-refractivity contribution in [1.29, 1.82) is 0 Å². The Kier molecular flexibility index (Phi) is 3.82. The molecule has 1 aromatic rings. The van der Waals surface area contributed by atoms with Gasteiger partial charge in [0.25, 0.3) is 0 Å². The lowest BCUT2D eigenvalue weighted by Gasteiger charge is -2.39. The lowest BCUT2D eigenvalue weighted by atomic mass is 9.74. The Labute approximate surface area is 100 Å². The van der Waals surface area contributed by atoms with Gasteiger partial charge in [-0.2, -0.15) is 0 Å². The Morgan fingerprint density at radius 3 is 2.33 bits per heavy atom. The minimum absolute atomic E-state index is 0.238. The van der Waals surface area contributed by atoms with Gasteiger partial charge in [-0.3, -0.25) is 0 Å². The first-order valence-corrected chi connectivity index (χ1v) is 6.14. The van der Waals surface area contributed by atoms with Crippen LogP contribution < -0.4 is 5.73 Å². The van der Waals surface area contributed by atoms with Crippen LogP contribution in [-0.4, -0.2) is 17.3 Å². The second-order valence-electron chi connectivity index (χ2n) is 4.87. The summed E-state index contributed by atoms with van der Waals surface area (Å²) in [5, 5.41) is 10.5. The smallest absolute Gasteiger partial charge is 0.0931 e. The molecule has 0 bridgehead atoms. The van der Waals surface area contributed by atoms with E-state index >= 15 is 0 Å². The minimum Gasteiger partial charge on any atom is -0.388 e.